The highest BCUT2D eigenvalue weighted by Crippen LogP contribution is 2.35. The average molecular weight is 280 g/mol. The number of hydrogen-bond donors (Lipinski definition) is 0. The Morgan fingerprint density at radius 1 is 1.31 bits per heavy atom. The van der Waals surface area contributed by atoms with Crippen LogP contribution in [0.2, 0.25) is 0 Å². The highest BCUT2D eigenvalue weighted by atomic mass is 79.9. The second kappa shape index (κ2) is 5.50. The quantitative estimate of drug-likeness (QED) is 0.767. The molecule has 0 spiro atoms. The summed E-state index contributed by atoms with van der Waals surface area (Å²) in [4.78, 5) is 0. The molecule has 1 aromatic carbocycles. The van der Waals surface area contributed by atoms with Crippen LogP contribution in [0.15, 0.2) is 16.6 Å². The first-order valence-corrected chi connectivity index (χ1v) is 6.54. The second-order valence-electron chi connectivity index (χ2n) is 4.51. The zero-order valence-corrected chi connectivity index (χ0v) is 11.9. The van der Waals surface area contributed by atoms with Gasteiger partial charge in [-0.05, 0) is 35.4 Å². The monoisotopic (exact) mass is 279 g/mol. The van der Waals surface area contributed by atoms with E-state index in [0.717, 1.165) is 22.0 Å². The van der Waals surface area contributed by atoms with Gasteiger partial charge in [0.1, 0.15) is 0 Å². The van der Waals surface area contributed by atoms with Crippen LogP contribution in [0.4, 0.5) is 0 Å². The Morgan fingerprint density at radius 3 is 2.38 bits per heavy atom. The maximum absolute atomic E-state index is 9.11. The van der Waals surface area contributed by atoms with Crippen LogP contribution in [0, 0.1) is 11.3 Å². The molecule has 1 atom stereocenters. The largest absolute Gasteiger partial charge is 0.192 e. The van der Waals surface area contributed by atoms with Crippen LogP contribution in [-0.2, 0) is 0 Å². The molecule has 0 amide bonds. The van der Waals surface area contributed by atoms with Crippen molar-refractivity contribution in [3.05, 3.63) is 33.3 Å². The van der Waals surface area contributed by atoms with Gasteiger partial charge in [-0.25, -0.2) is 0 Å². The van der Waals surface area contributed by atoms with E-state index < -0.39 is 0 Å². The van der Waals surface area contributed by atoms with E-state index in [1.165, 1.54) is 5.56 Å². The van der Waals surface area contributed by atoms with Gasteiger partial charge < -0.3 is 0 Å². The molecule has 1 unspecified atom stereocenters. The summed E-state index contributed by atoms with van der Waals surface area (Å²) in [6.45, 7) is 8.66. The molecule has 1 rings (SSSR count). The molecule has 1 aromatic rings. The number of hydrogen-bond acceptors (Lipinski definition) is 1. The van der Waals surface area contributed by atoms with E-state index in [0.29, 0.717) is 11.8 Å². The summed E-state index contributed by atoms with van der Waals surface area (Å²) < 4.78 is 1.12. The molecule has 0 saturated heterocycles. The lowest BCUT2D eigenvalue weighted by molar-refractivity contribution is 0.724. The molecule has 0 radical (unpaired) electrons. The van der Waals surface area contributed by atoms with Crippen molar-refractivity contribution in [3.63, 3.8) is 0 Å². The van der Waals surface area contributed by atoms with Crippen molar-refractivity contribution in [1.29, 1.82) is 5.26 Å². The summed E-state index contributed by atoms with van der Waals surface area (Å²) >= 11 is 3.66. The fraction of sp³-hybridized carbons (Fsp3) is 0.500. The third kappa shape index (κ3) is 2.47. The molecule has 0 saturated carbocycles. The summed E-state index contributed by atoms with van der Waals surface area (Å²) in [5.41, 5.74) is 3.24. The van der Waals surface area contributed by atoms with Gasteiger partial charge in [-0.15, -0.1) is 0 Å². The Labute approximate surface area is 107 Å². The Morgan fingerprint density at radius 2 is 1.94 bits per heavy atom. The lowest BCUT2D eigenvalue weighted by Crippen LogP contribution is -2.01. The van der Waals surface area contributed by atoms with Gasteiger partial charge >= 0.3 is 0 Å². The summed E-state index contributed by atoms with van der Waals surface area (Å²) in [6, 6.07) is 6.29. The van der Waals surface area contributed by atoms with E-state index in [1.54, 1.807) is 0 Å². The van der Waals surface area contributed by atoms with E-state index in [2.05, 4.69) is 55.8 Å². The molecule has 2 heteroatoms. The normalized spacial score (nSPS) is 12.6. The predicted molar refractivity (Wildman–Crippen MR) is 71.7 cm³/mol. The van der Waals surface area contributed by atoms with Crippen LogP contribution in [0.25, 0.3) is 0 Å². The summed E-state index contributed by atoms with van der Waals surface area (Å²) in [5, 5.41) is 9.11. The molecule has 0 aromatic heterocycles. The minimum Gasteiger partial charge on any atom is -0.192 e. The van der Waals surface area contributed by atoms with Crippen molar-refractivity contribution in [1.82, 2.24) is 0 Å². The maximum atomic E-state index is 9.11. The van der Waals surface area contributed by atoms with E-state index in [1.807, 2.05) is 6.07 Å². The molecule has 0 fully saturated rings. The van der Waals surface area contributed by atoms with Gasteiger partial charge in [0.2, 0.25) is 0 Å². The molecule has 16 heavy (non-hydrogen) atoms. The van der Waals surface area contributed by atoms with Crippen molar-refractivity contribution >= 4 is 15.9 Å². The van der Waals surface area contributed by atoms with Crippen LogP contribution in [-0.4, -0.2) is 0 Å². The first-order chi connectivity index (χ1) is 7.52. The van der Waals surface area contributed by atoms with Crippen LogP contribution in [0.1, 0.15) is 62.6 Å². The van der Waals surface area contributed by atoms with Gasteiger partial charge in [0.05, 0.1) is 11.6 Å². The zero-order valence-electron chi connectivity index (χ0n) is 10.3. The smallest absolute Gasteiger partial charge is 0.0995 e. The molecule has 0 aliphatic heterocycles. The minimum absolute atomic E-state index is 0.369. The first kappa shape index (κ1) is 13.3. The maximum Gasteiger partial charge on any atom is 0.0995 e. The van der Waals surface area contributed by atoms with E-state index in [4.69, 9.17) is 5.26 Å². The number of benzene rings is 1. The third-order valence-corrected chi connectivity index (χ3v) is 3.94. The lowest BCUT2D eigenvalue weighted by atomic mass is 9.90. The molecule has 0 bridgehead atoms. The summed E-state index contributed by atoms with van der Waals surface area (Å²) in [6.07, 6.45) is 1.11. The van der Waals surface area contributed by atoms with E-state index in [-0.39, 0.29) is 0 Å². The van der Waals surface area contributed by atoms with Crippen LogP contribution >= 0.6 is 15.9 Å². The van der Waals surface area contributed by atoms with Crippen molar-refractivity contribution < 1.29 is 0 Å². The molecular weight excluding hydrogens is 262 g/mol. The van der Waals surface area contributed by atoms with Gasteiger partial charge in [-0.2, -0.15) is 5.26 Å². The second-order valence-corrected chi connectivity index (χ2v) is 5.30. The predicted octanol–water partition coefficient (Wildman–Crippen LogP) is 4.96. The van der Waals surface area contributed by atoms with Gasteiger partial charge in [-0.3, -0.25) is 0 Å². The van der Waals surface area contributed by atoms with Gasteiger partial charge in [0.25, 0.3) is 0 Å². The van der Waals surface area contributed by atoms with Gasteiger partial charge in [-0.1, -0.05) is 49.7 Å². The third-order valence-electron chi connectivity index (χ3n) is 3.05. The van der Waals surface area contributed by atoms with Crippen LogP contribution < -0.4 is 0 Å². The van der Waals surface area contributed by atoms with Crippen LogP contribution in [0.5, 0.6) is 0 Å². The number of nitrogens with zero attached hydrogens (tertiary/aromatic N) is 1. The van der Waals surface area contributed by atoms with Crippen molar-refractivity contribution in [2.24, 2.45) is 0 Å². The fourth-order valence-electron chi connectivity index (χ4n) is 1.87. The zero-order chi connectivity index (χ0) is 12.3. The molecule has 0 aliphatic rings. The molecule has 0 heterocycles. The molecule has 0 aliphatic carbocycles. The lowest BCUT2D eigenvalue weighted by Gasteiger charge is -2.18. The SMILES string of the molecule is CCC(C)c1ccc(C#N)c(C(C)C)c1Br. The van der Waals surface area contributed by atoms with Crippen LogP contribution in [0.3, 0.4) is 0 Å². The van der Waals surface area contributed by atoms with Crippen molar-refractivity contribution in [2.45, 2.75) is 46.0 Å². The fourth-order valence-corrected chi connectivity index (χ4v) is 3.07. The van der Waals surface area contributed by atoms with E-state index >= 15 is 0 Å². The van der Waals surface area contributed by atoms with Gasteiger partial charge in [0, 0.05) is 4.47 Å². The molecule has 0 N–H and O–H groups in total. The average Bonchev–Trinajstić information content (AvgIpc) is 2.26. The minimum atomic E-state index is 0.369. The topological polar surface area (TPSA) is 23.8 Å². The molecule has 1 nitrogen and oxygen atoms in total. The Hall–Kier alpha value is -0.810. The van der Waals surface area contributed by atoms with Crippen molar-refractivity contribution in [3.8, 4) is 6.07 Å². The molecular formula is C14H18BrN. The highest BCUT2D eigenvalue weighted by Gasteiger charge is 2.16. The number of rotatable bonds is 3. The summed E-state index contributed by atoms with van der Waals surface area (Å²) in [5.74, 6) is 0.896. The summed E-state index contributed by atoms with van der Waals surface area (Å²) in [7, 11) is 0. The number of nitriles is 1. The molecule has 86 valence electrons. The Bertz CT molecular complexity index is 415. The Balaban J connectivity index is 3.39. The van der Waals surface area contributed by atoms with Gasteiger partial charge in [0.15, 0.2) is 0 Å². The first-order valence-electron chi connectivity index (χ1n) is 5.75. The Kier molecular flexibility index (Phi) is 4.56. The van der Waals surface area contributed by atoms with E-state index in [9.17, 15) is 0 Å². The standard InChI is InChI=1S/C14H18BrN/c1-5-10(4)12-7-6-11(8-16)13(9(2)3)14(12)15/h6-7,9-10H,5H2,1-4H3. The van der Waals surface area contributed by atoms with Crippen molar-refractivity contribution in [2.75, 3.05) is 0 Å². The number of halogens is 1. The highest BCUT2D eigenvalue weighted by molar-refractivity contribution is 9.10.